The molecule has 1 aliphatic carbocycles. The second kappa shape index (κ2) is 4.01. The Morgan fingerprint density at radius 2 is 2.37 bits per heavy atom. The number of carbonyl (C=O) groups is 1. The van der Waals surface area contributed by atoms with Crippen molar-refractivity contribution in [1.82, 2.24) is 14.4 Å². The smallest absolute Gasteiger partial charge is 0.229 e. The highest BCUT2D eigenvalue weighted by atomic mass is 79.9. The maximum Gasteiger partial charge on any atom is 0.229 e. The first-order valence-corrected chi connectivity index (χ1v) is 7.56. The average Bonchev–Trinajstić information content (AvgIpc) is 2.97. The Morgan fingerprint density at radius 3 is 3.16 bits per heavy atom. The molecule has 0 spiro atoms. The van der Waals surface area contributed by atoms with E-state index in [1.54, 1.807) is 6.20 Å². The molecule has 1 N–H and O–H groups in total. The molecule has 19 heavy (non-hydrogen) atoms. The van der Waals surface area contributed by atoms with E-state index in [1.807, 2.05) is 16.7 Å². The maximum absolute atomic E-state index is 11.8. The Balaban J connectivity index is 1.83. The molecule has 0 aliphatic heterocycles. The number of fused-ring (bicyclic) bond motifs is 3. The van der Waals surface area contributed by atoms with Gasteiger partial charge in [0, 0.05) is 18.3 Å². The molecule has 3 aromatic rings. The minimum Gasteiger partial charge on any atom is -0.302 e. The lowest BCUT2D eigenvalue weighted by atomic mass is 10.4. The first-order valence-electron chi connectivity index (χ1n) is 5.95. The number of pyridine rings is 1. The van der Waals surface area contributed by atoms with Gasteiger partial charge in [-0.15, -0.1) is 0 Å². The molecular weight excluding hydrogens is 328 g/mol. The Kier molecular flexibility index (Phi) is 2.40. The molecule has 0 aromatic carbocycles. The molecule has 3 heterocycles. The number of thiazole rings is 1. The largest absolute Gasteiger partial charge is 0.302 e. The number of aromatic nitrogens is 3. The van der Waals surface area contributed by atoms with Gasteiger partial charge in [-0.2, -0.15) is 0 Å². The lowest BCUT2D eigenvalue weighted by Gasteiger charge is -1.96. The first-order chi connectivity index (χ1) is 9.22. The molecule has 3 aromatic heterocycles. The number of imidazole rings is 1. The normalized spacial score (nSPS) is 15.2. The van der Waals surface area contributed by atoms with E-state index >= 15 is 0 Å². The summed E-state index contributed by atoms with van der Waals surface area (Å²) >= 11 is 4.96. The standard InChI is InChI=1S/C12H9BrN4OS/c13-7-5-8-11(17-4-3-14-9(7)17)19-12(15-8)16-10(18)6-1-2-6/h3-6H,1-2H2,(H,15,16,18). The zero-order valence-corrected chi connectivity index (χ0v) is 12.2. The summed E-state index contributed by atoms with van der Waals surface area (Å²) in [6.45, 7) is 0. The molecule has 1 fully saturated rings. The molecule has 1 aliphatic rings. The van der Waals surface area contributed by atoms with Gasteiger partial charge in [-0.05, 0) is 34.8 Å². The Hall–Kier alpha value is -1.47. The van der Waals surface area contributed by atoms with Gasteiger partial charge in [0.25, 0.3) is 0 Å². The van der Waals surface area contributed by atoms with E-state index in [4.69, 9.17) is 0 Å². The van der Waals surface area contributed by atoms with Gasteiger partial charge in [-0.25, -0.2) is 9.97 Å². The summed E-state index contributed by atoms with van der Waals surface area (Å²) in [4.78, 5) is 21.5. The number of nitrogens with one attached hydrogen (secondary N) is 1. The number of carbonyl (C=O) groups excluding carboxylic acids is 1. The van der Waals surface area contributed by atoms with Gasteiger partial charge in [0.2, 0.25) is 5.91 Å². The van der Waals surface area contributed by atoms with E-state index in [0.717, 1.165) is 33.3 Å². The Morgan fingerprint density at radius 1 is 1.53 bits per heavy atom. The Bertz CT molecular complexity index is 805. The molecule has 5 nitrogen and oxygen atoms in total. The topological polar surface area (TPSA) is 59.3 Å². The van der Waals surface area contributed by atoms with E-state index in [0.29, 0.717) is 5.13 Å². The second-order valence-corrected chi connectivity index (χ2v) is 6.42. The van der Waals surface area contributed by atoms with Crippen LogP contribution in [0.3, 0.4) is 0 Å². The summed E-state index contributed by atoms with van der Waals surface area (Å²) in [5.41, 5.74) is 1.71. The fourth-order valence-electron chi connectivity index (χ4n) is 2.03. The fourth-order valence-corrected chi connectivity index (χ4v) is 3.47. The quantitative estimate of drug-likeness (QED) is 0.782. The average molecular weight is 337 g/mol. The van der Waals surface area contributed by atoms with Crippen LogP contribution in [0.4, 0.5) is 5.13 Å². The predicted octanol–water partition coefficient (Wildman–Crippen LogP) is 3.06. The highest BCUT2D eigenvalue weighted by molar-refractivity contribution is 9.10. The number of hydrogen-bond donors (Lipinski definition) is 1. The Labute approximate surface area is 120 Å². The summed E-state index contributed by atoms with van der Waals surface area (Å²) < 4.78 is 2.87. The number of amides is 1. The molecule has 0 saturated heterocycles. The number of nitrogens with zero attached hydrogens (tertiary/aromatic N) is 3. The second-order valence-electron chi connectivity index (χ2n) is 4.59. The summed E-state index contributed by atoms with van der Waals surface area (Å²) in [6, 6.07) is 1.93. The van der Waals surface area contributed by atoms with Crippen LogP contribution in [0.5, 0.6) is 0 Å². The van der Waals surface area contributed by atoms with E-state index in [9.17, 15) is 4.79 Å². The maximum atomic E-state index is 11.8. The number of hydrogen-bond acceptors (Lipinski definition) is 4. The summed E-state index contributed by atoms with van der Waals surface area (Å²) in [7, 11) is 0. The minimum atomic E-state index is 0.0833. The van der Waals surface area contributed by atoms with Gasteiger partial charge in [-0.1, -0.05) is 11.3 Å². The predicted molar refractivity (Wildman–Crippen MR) is 77.4 cm³/mol. The SMILES string of the molecule is O=C(Nc1nc2cc(Br)c3nccn3c2s1)C1CC1. The summed E-state index contributed by atoms with van der Waals surface area (Å²) in [6.07, 6.45) is 5.64. The zero-order valence-electron chi connectivity index (χ0n) is 9.76. The highest BCUT2D eigenvalue weighted by Crippen LogP contribution is 2.33. The van der Waals surface area contributed by atoms with Crippen molar-refractivity contribution in [2.24, 2.45) is 5.92 Å². The molecule has 0 atom stereocenters. The number of anilines is 1. The van der Waals surface area contributed by atoms with Crippen molar-refractivity contribution in [2.75, 3.05) is 5.32 Å². The van der Waals surface area contributed by atoms with Gasteiger partial charge < -0.3 is 5.32 Å². The lowest BCUT2D eigenvalue weighted by Crippen LogP contribution is -2.12. The van der Waals surface area contributed by atoms with E-state index < -0.39 is 0 Å². The third kappa shape index (κ3) is 1.84. The van der Waals surface area contributed by atoms with E-state index in [1.165, 1.54) is 11.3 Å². The van der Waals surface area contributed by atoms with Crippen molar-refractivity contribution in [3.05, 3.63) is 22.9 Å². The van der Waals surface area contributed by atoms with Crippen molar-refractivity contribution >= 4 is 54.3 Å². The summed E-state index contributed by atoms with van der Waals surface area (Å²) in [5, 5.41) is 3.54. The lowest BCUT2D eigenvalue weighted by molar-refractivity contribution is -0.117. The number of rotatable bonds is 2. The first kappa shape index (κ1) is 11.4. The van der Waals surface area contributed by atoms with Crippen LogP contribution < -0.4 is 5.32 Å². The van der Waals surface area contributed by atoms with Crippen LogP contribution in [0, 0.1) is 5.92 Å². The van der Waals surface area contributed by atoms with Crippen molar-refractivity contribution in [1.29, 1.82) is 0 Å². The molecule has 4 rings (SSSR count). The van der Waals surface area contributed by atoms with Gasteiger partial charge in [0.1, 0.15) is 10.3 Å². The highest BCUT2D eigenvalue weighted by Gasteiger charge is 2.30. The van der Waals surface area contributed by atoms with Gasteiger partial charge in [-0.3, -0.25) is 9.20 Å². The van der Waals surface area contributed by atoms with Crippen molar-refractivity contribution in [3.8, 4) is 0 Å². The zero-order chi connectivity index (χ0) is 13.0. The molecule has 0 bridgehead atoms. The molecule has 0 radical (unpaired) electrons. The molecular formula is C12H9BrN4OS. The third-order valence-electron chi connectivity index (χ3n) is 3.15. The van der Waals surface area contributed by atoms with Crippen LogP contribution in [0.1, 0.15) is 12.8 Å². The van der Waals surface area contributed by atoms with Gasteiger partial charge in [0.05, 0.1) is 4.47 Å². The van der Waals surface area contributed by atoms with E-state index in [2.05, 4.69) is 31.2 Å². The molecule has 0 unspecified atom stereocenters. The van der Waals surface area contributed by atoms with Crippen LogP contribution in [-0.2, 0) is 4.79 Å². The van der Waals surface area contributed by atoms with Crippen molar-refractivity contribution in [3.63, 3.8) is 0 Å². The summed E-state index contributed by atoms with van der Waals surface area (Å²) in [5.74, 6) is 0.270. The molecule has 7 heteroatoms. The van der Waals surface area contributed by atoms with Crippen LogP contribution in [-0.4, -0.2) is 20.3 Å². The number of halogens is 1. The minimum absolute atomic E-state index is 0.0833. The van der Waals surface area contributed by atoms with Crippen molar-refractivity contribution in [2.45, 2.75) is 12.8 Å². The third-order valence-corrected chi connectivity index (χ3v) is 4.72. The van der Waals surface area contributed by atoms with E-state index in [-0.39, 0.29) is 11.8 Å². The van der Waals surface area contributed by atoms with Crippen molar-refractivity contribution < 1.29 is 4.79 Å². The van der Waals surface area contributed by atoms with Crippen LogP contribution >= 0.6 is 27.3 Å². The van der Waals surface area contributed by atoms with Crippen LogP contribution in [0.25, 0.3) is 16.0 Å². The monoisotopic (exact) mass is 336 g/mol. The van der Waals surface area contributed by atoms with Crippen LogP contribution in [0.15, 0.2) is 22.9 Å². The van der Waals surface area contributed by atoms with Gasteiger partial charge in [0.15, 0.2) is 10.8 Å². The molecule has 1 amide bonds. The molecule has 1 saturated carbocycles. The molecule has 96 valence electrons. The van der Waals surface area contributed by atoms with Gasteiger partial charge >= 0.3 is 0 Å². The van der Waals surface area contributed by atoms with Crippen LogP contribution in [0.2, 0.25) is 0 Å². The fraction of sp³-hybridized carbons (Fsp3) is 0.250.